The predicted octanol–water partition coefficient (Wildman–Crippen LogP) is 2.53. The standard InChI is InChI=1S/C8H11OS.C5H5.Fe/c1-7(2)10(9)8-5-3-4-6-8;1-2-4-5-3-1;/h3-7H,1-2H3;1-5H;/t10-;;/m1../s1. The summed E-state index contributed by atoms with van der Waals surface area (Å²) in [6, 6.07) is 0. The first-order valence-electron chi connectivity index (χ1n) is 5.01. The molecule has 0 bridgehead atoms. The molecule has 0 amide bonds. The minimum absolute atomic E-state index is 0. The van der Waals surface area contributed by atoms with Crippen molar-refractivity contribution in [2.75, 3.05) is 0 Å². The van der Waals surface area contributed by atoms with E-state index in [0.29, 0.717) is 0 Å². The molecule has 0 aromatic heterocycles. The van der Waals surface area contributed by atoms with E-state index >= 15 is 0 Å². The summed E-state index contributed by atoms with van der Waals surface area (Å²) in [5, 5.41) is 1.16. The Balaban J connectivity index is 0.000000318. The van der Waals surface area contributed by atoms with Gasteiger partial charge >= 0.3 is 0 Å². The molecule has 0 aliphatic heterocycles. The van der Waals surface area contributed by atoms with Crippen molar-refractivity contribution in [1.82, 2.24) is 0 Å². The Kier molecular flexibility index (Phi) is 10.1. The van der Waals surface area contributed by atoms with Gasteiger partial charge in [-0.05, 0) is 57.8 Å². The van der Waals surface area contributed by atoms with Crippen molar-refractivity contribution in [3.05, 3.63) is 63.0 Å². The van der Waals surface area contributed by atoms with E-state index < -0.39 is 10.8 Å². The van der Waals surface area contributed by atoms with Crippen LogP contribution in [-0.2, 0) is 27.9 Å². The van der Waals surface area contributed by atoms with Gasteiger partial charge in [-0.3, -0.25) is 4.21 Å². The monoisotopic (exact) mass is 276 g/mol. The minimum Gasteiger partial charge on any atom is -0.259 e. The van der Waals surface area contributed by atoms with E-state index in [-0.39, 0.29) is 22.3 Å². The quantitative estimate of drug-likeness (QED) is 0.708. The molecule has 2 aliphatic rings. The van der Waals surface area contributed by atoms with Gasteiger partial charge in [0.25, 0.3) is 0 Å². The van der Waals surface area contributed by atoms with Crippen molar-refractivity contribution in [1.29, 1.82) is 0 Å². The van der Waals surface area contributed by atoms with Crippen LogP contribution in [0.15, 0.2) is 0 Å². The molecular formula is C13H16FeOS. The van der Waals surface area contributed by atoms with Gasteiger partial charge in [0, 0.05) is 33.1 Å². The average Bonchev–Trinajstić information content (AvgIpc) is 2.92. The summed E-state index contributed by atoms with van der Waals surface area (Å²) >= 11 is 0. The van der Waals surface area contributed by atoms with Gasteiger partial charge in [0.15, 0.2) is 0 Å². The van der Waals surface area contributed by atoms with Gasteiger partial charge < -0.3 is 0 Å². The summed E-state index contributed by atoms with van der Waals surface area (Å²) in [7, 11) is -0.804. The summed E-state index contributed by atoms with van der Waals surface area (Å²) in [5.74, 6) is 0. The number of rotatable bonds is 2. The van der Waals surface area contributed by atoms with Crippen LogP contribution in [0.25, 0.3) is 0 Å². The van der Waals surface area contributed by atoms with Crippen molar-refractivity contribution in [3.8, 4) is 0 Å². The molecule has 2 fully saturated rings. The summed E-state index contributed by atoms with van der Waals surface area (Å²) in [6.45, 7) is 3.92. The van der Waals surface area contributed by atoms with Crippen LogP contribution in [0.4, 0.5) is 0 Å². The molecule has 0 aromatic rings. The molecule has 0 spiro atoms. The van der Waals surface area contributed by atoms with Crippen molar-refractivity contribution in [3.63, 3.8) is 0 Å². The van der Waals surface area contributed by atoms with Crippen LogP contribution < -0.4 is 0 Å². The first-order chi connectivity index (χ1) is 7.22. The van der Waals surface area contributed by atoms with E-state index in [0.717, 1.165) is 5.25 Å². The minimum atomic E-state index is -0.804. The number of hydrogen-bond donors (Lipinski definition) is 0. The van der Waals surface area contributed by atoms with Gasteiger partial charge in [0.2, 0.25) is 0 Å². The van der Waals surface area contributed by atoms with E-state index in [4.69, 9.17) is 0 Å². The van der Waals surface area contributed by atoms with Gasteiger partial charge in [-0.25, -0.2) is 0 Å². The normalized spacial score (nSPS) is 22.4. The second-order valence-corrected chi connectivity index (χ2v) is 5.44. The second kappa shape index (κ2) is 9.67. The zero-order valence-electron chi connectivity index (χ0n) is 9.44. The Morgan fingerprint density at radius 3 is 1.56 bits per heavy atom. The Morgan fingerprint density at radius 2 is 1.25 bits per heavy atom. The Labute approximate surface area is 114 Å². The molecule has 0 unspecified atom stereocenters. The summed E-state index contributed by atoms with van der Waals surface area (Å²) in [5.41, 5.74) is 0. The van der Waals surface area contributed by atoms with Crippen molar-refractivity contribution >= 4 is 10.8 Å². The van der Waals surface area contributed by atoms with E-state index in [9.17, 15) is 4.21 Å². The molecule has 10 radical (unpaired) electrons. The fourth-order valence-electron chi connectivity index (χ4n) is 1.08. The van der Waals surface area contributed by atoms with Crippen molar-refractivity contribution in [2.24, 2.45) is 0 Å². The van der Waals surface area contributed by atoms with E-state index in [2.05, 4.69) is 0 Å². The summed E-state index contributed by atoms with van der Waals surface area (Å²) < 4.78 is 11.3. The van der Waals surface area contributed by atoms with Crippen LogP contribution >= 0.6 is 0 Å². The van der Waals surface area contributed by atoms with Crippen LogP contribution in [0.3, 0.4) is 0 Å². The first-order valence-corrected chi connectivity index (χ1v) is 6.22. The van der Waals surface area contributed by atoms with Crippen molar-refractivity contribution in [2.45, 2.75) is 19.1 Å². The largest absolute Gasteiger partial charge is 0.259 e. The third kappa shape index (κ3) is 6.42. The molecule has 0 aromatic carbocycles. The van der Waals surface area contributed by atoms with E-state index in [1.807, 2.05) is 71.6 Å². The first kappa shape index (κ1) is 16.7. The maximum absolute atomic E-state index is 11.3. The SMILES string of the molecule is CC(C)[S@@](=O)[C]1[CH][CH][CH][CH]1.[CH]1[CH][CH][CH][CH]1.[Fe]. The third-order valence-corrected chi connectivity index (χ3v) is 3.44. The van der Waals surface area contributed by atoms with E-state index in [1.54, 1.807) is 0 Å². The molecule has 1 nitrogen and oxygen atoms in total. The average molecular weight is 276 g/mol. The predicted molar refractivity (Wildman–Crippen MR) is 65.2 cm³/mol. The van der Waals surface area contributed by atoms with Gasteiger partial charge in [0.05, 0.1) is 5.25 Å². The molecular weight excluding hydrogens is 260 g/mol. The van der Waals surface area contributed by atoms with Crippen LogP contribution in [0, 0.1) is 63.0 Å². The Morgan fingerprint density at radius 1 is 0.875 bits per heavy atom. The van der Waals surface area contributed by atoms with Gasteiger partial charge in [-0.2, -0.15) is 0 Å². The maximum Gasteiger partial charge on any atom is 0.0707 e. The molecule has 2 rings (SSSR count). The van der Waals surface area contributed by atoms with Gasteiger partial charge in [-0.1, -0.05) is 13.8 Å². The molecule has 2 aliphatic carbocycles. The molecule has 1 atom stereocenters. The Hall–Kier alpha value is 0.669. The molecule has 3 heteroatoms. The smallest absolute Gasteiger partial charge is 0.0707 e. The Bertz CT molecular complexity index is 177. The second-order valence-electron chi connectivity index (χ2n) is 3.43. The summed E-state index contributed by atoms with van der Waals surface area (Å²) in [4.78, 5) is 0. The topological polar surface area (TPSA) is 17.1 Å². The number of hydrogen-bond acceptors (Lipinski definition) is 1. The van der Waals surface area contributed by atoms with Crippen LogP contribution in [0.1, 0.15) is 13.8 Å². The zero-order valence-corrected chi connectivity index (χ0v) is 11.4. The molecule has 0 heterocycles. The fourth-order valence-corrected chi connectivity index (χ4v) is 2.05. The molecule has 0 N–H and O–H groups in total. The van der Waals surface area contributed by atoms with Crippen LogP contribution in [-0.4, -0.2) is 9.46 Å². The van der Waals surface area contributed by atoms with Crippen molar-refractivity contribution < 1.29 is 21.3 Å². The van der Waals surface area contributed by atoms with Gasteiger partial charge in [-0.15, -0.1) is 0 Å². The van der Waals surface area contributed by atoms with Crippen LogP contribution in [0.5, 0.6) is 0 Å². The van der Waals surface area contributed by atoms with E-state index in [1.165, 1.54) is 0 Å². The fraction of sp³-hybridized carbons (Fsp3) is 0.231. The van der Waals surface area contributed by atoms with Gasteiger partial charge in [0.1, 0.15) is 0 Å². The summed E-state index contributed by atoms with van der Waals surface area (Å²) in [6.07, 6.45) is 17.6. The molecule has 16 heavy (non-hydrogen) atoms. The maximum atomic E-state index is 11.3. The molecule has 0 saturated heterocycles. The van der Waals surface area contributed by atoms with Crippen LogP contribution in [0.2, 0.25) is 0 Å². The molecule has 2 saturated carbocycles. The zero-order chi connectivity index (χ0) is 11.1. The molecule has 88 valence electrons. The third-order valence-electron chi connectivity index (χ3n) is 1.85.